The van der Waals surface area contributed by atoms with E-state index in [9.17, 15) is 14.4 Å². The quantitative estimate of drug-likeness (QED) is 0.0261. The lowest BCUT2D eigenvalue weighted by atomic mass is 10.0. The minimum Gasteiger partial charge on any atom is -0.462 e. The van der Waals surface area contributed by atoms with E-state index in [4.69, 9.17) is 14.2 Å². The summed E-state index contributed by atoms with van der Waals surface area (Å²) in [5.41, 5.74) is 0. The van der Waals surface area contributed by atoms with E-state index < -0.39 is 6.10 Å². The summed E-state index contributed by atoms with van der Waals surface area (Å²) >= 11 is 0. The zero-order chi connectivity index (χ0) is 59.9. The smallest absolute Gasteiger partial charge is 0.306 e. The lowest BCUT2D eigenvalue weighted by Gasteiger charge is -2.18. The van der Waals surface area contributed by atoms with Crippen molar-refractivity contribution in [2.45, 2.75) is 399 Å². The topological polar surface area (TPSA) is 78.9 Å². The number of carbonyl (C=O) groups is 3. The number of rotatable bonds is 68. The van der Waals surface area contributed by atoms with Crippen LogP contribution in [0.2, 0.25) is 0 Å². The fourth-order valence-electron chi connectivity index (χ4n) is 11.0. The van der Waals surface area contributed by atoms with Crippen LogP contribution in [0.25, 0.3) is 0 Å². The lowest BCUT2D eigenvalue weighted by molar-refractivity contribution is -0.167. The number of ether oxygens (including phenoxy) is 3. The third-order valence-electron chi connectivity index (χ3n) is 16.5. The summed E-state index contributed by atoms with van der Waals surface area (Å²) in [6.07, 6.45) is 92.5. The first kappa shape index (κ1) is 80.1. The Bertz CT molecular complexity index is 1470. The number of carbonyl (C=O) groups excluding carboxylic acids is 3. The second kappa shape index (κ2) is 71.6. The molecule has 0 spiro atoms. The Morgan fingerprint density at radius 2 is 0.434 bits per heavy atom. The molecule has 0 aromatic carbocycles. The van der Waals surface area contributed by atoms with Crippen molar-refractivity contribution in [2.24, 2.45) is 0 Å². The van der Waals surface area contributed by atoms with E-state index in [1.807, 2.05) is 0 Å². The summed E-state index contributed by atoms with van der Waals surface area (Å²) in [7, 11) is 0. The normalized spacial score (nSPS) is 12.4. The molecule has 0 amide bonds. The standard InChI is InChI=1S/C77H140O6/c1-4-7-10-13-16-19-22-25-27-29-31-33-35-36-37-38-39-40-42-43-45-47-49-52-55-58-61-64-67-70-76(79)82-73-74(72-81-75(78)69-66-63-60-57-54-51-24-21-18-15-12-9-6-3)83-77(80)71-68-65-62-59-56-53-50-48-46-44-41-34-32-30-28-26-23-20-17-14-11-8-5-2/h22-23,25-26,29-32,35-36,74H,4-21,24,27-28,33-34,37-73H2,1-3H3/b25-22-,26-23-,31-29-,32-30-,36-35-. The van der Waals surface area contributed by atoms with Crippen LogP contribution in [0.4, 0.5) is 0 Å². The number of allylic oxidation sites excluding steroid dienone is 10. The molecule has 1 atom stereocenters. The molecule has 0 aliphatic carbocycles. The molecule has 0 aromatic heterocycles. The van der Waals surface area contributed by atoms with Crippen molar-refractivity contribution in [2.75, 3.05) is 13.2 Å². The second-order valence-electron chi connectivity index (χ2n) is 24.9. The molecule has 0 aromatic rings. The van der Waals surface area contributed by atoms with Gasteiger partial charge in [-0.15, -0.1) is 0 Å². The molecule has 0 bridgehead atoms. The Labute approximate surface area is 517 Å². The third-order valence-corrected chi connectivity index (χ3v) is 16.5. The average Bonchev–Trinajstić information content (AvgIpc) is 3.49. The van der Waals surface area contributed by atoms with Gasteiger partial charge in [0.25, 0.3) is 0 Å². The Morgan fingerprint density at radius 3 is 0.675 bits per heavy atom. The van der Waals surface area contributed by atoms with Gasteiger partial charge in [-0.3, -0.25) is 14.4 Å². The number of hydrogen-bond acceptors (Lipinski definition) is 6. The van der Waals surface area contributed by atoms with E-state index in [2.05, 4.69) is 81.5 Å². The second-order valence-corrected chi connectivity index (χ2v) is 24.9. The highest BCUT2D eigenvalue weighted by molar-refractivity contribution is 5.71. The fraction of sp³-hybridized carbons (Fsp3) is 0.831. The van der Waals surface area contributed by atoms with Crippen LogP contribution < -0.4 is 0 Å². The van der Waals surface area contributed by atoms with Gasteiger partial charge in [0, 0.05) is 19.3 Å². The Balaban J connectivity index is 4.23. The van der Waals surface area contributed by atoms with Crippen molar-refractivity contribution < 1.29 is 28.6 Å². The minimum atomic E-state index is -0.775. The molecule has 1 unspecified atom stereocenters. The molecular formula is C77H140O6. The maximum absolute atomic E-state index is 13.0. The molecule has 0 fully saturated rings. The van der Waals surface area contributed by atoms with Gasteiger partial charge in [0.2, 0.25) is 0 Å². The predicted molar refractivity (Wildman–Crippen MR) is 362 cm³/mol. The van der Waals surface area contributed by atoms with Gasteiger partial charge in [0.1, 0.15) is 13.2 Å². The Morgan fingerprint density at radius 1 is 0.241 bits per heavy atom. The molecule has 0 heterocycles. The summed E-state index contributed by atoms with van der Waals surface area (Å²) in [6.45, 7) is 6.68. The molecule has 83 heavy (non-hydrogen) atoms. The maximum atomic E-state index is 13.0. The van der Waals surface area contributed by atoms with Gasteiger partial charge in [0.15, 0.2) is 6.10 Å². The van der Waals surface area contributed by atoms with Crippen molar-refractivity contribution in [3.63, 3.8) is 0 Å². The largest absolute Gasteiger partial charge is 0.462 e. The van der Waals surface area contributed by atoms with Crippen LogP contribution in [0.5, 0.6) is 0 Å². The zero-order valence-electron chi connectivity index (χ0n) is 55.7. The van der Waals surface area contributed by atoms with E-state index in [0.717, 1.165) is 77.0 Å². The van der Waals surface area contributed by atoms with Gasteiger partial charge in [-0.05, 0) is 89.9 Å². The first-order valence-electron chi connectivity index (χ1n) is 36.8. The van der Waals surface area contributed by atoms with Gasteiger partial charge in [0.05, 0.1) is 0 Å². The van der Waals surface area contributed by atoms with Crippen molar-refractivity contribution in [3.8, 4) is 0 Å². The average molecular weight is 1160 g/mol. The highest BCUT2D eigenvalue weighted by Crippen LogP contribution is 2.18. The van der Waals surface area contributed by atoms with Crippen LogP contribution in [0.3, 0.4) is 0 Å². The van der Waals surface area contributed by atoms with Crippen LogP contribution in [0.15, 0.2) is 60.8 Å². The van der Waals surface area contributed by atoms with E-state index >= 15 is 0 Å². The van der Waals surface area contributed by atoms with E-state index in [0.29, 0.717) is 19.3 Å². The Kier molecular flexibility index (Phi) is 69.1. The molecule has 6 nitrogen and oxygen atoms in total. The van der Waals surface area contributed by atoms with Crippen LogP contribution >= 0.6 is 0 Å². The van der Waals surface area contributed by atoms with Crippen molar-refractivity contribution in [3.05, 3.63) is 60.8 Å². The van der Waals surface area contributed by atoms with E-state index in [1.54, 1.807) is 0 Å². The van der Waals surface area contributed by atoms with Gasteiger partial charge < -0.3 is 14.2 Å². The molecule has 0 saturated heterocycles. The molecule has 0 N–H and O–H groups in total. The molecule has 6 heteroatoms. The van der Waals surface area contributed by atoms with Crippen molar-refractivity contribution in [1.29, 1.82) is 0 Å². The predicted octanol–water partition coefficient (Wildman–Crippen LogP) is 25.5. The van der Waals surface area contributed by atoms with Crippen LogP contribution in [0.1, 0.15) is 393 Å². The van der Waals surface area contributed by atoms with E-state index in [-0.39, 0.29) is 31.1 Å². The van der Waals surface area contributed by atoms with Gasteiger partial charge >= 0.3 is 17.9 Å². The molecular weight excluding hydrogens is 1020 g/mol. The summed E-state index contributed by atoms with van der Waals surface area (Å²) in [4.78, 5) is 38.5. The first-order valence-corrected chi connectivity index (χ1v) is 36.8. The SMILES string of the molecule is CCCCCCC/C=C\C/C=C\C/C=C\CCCCCCCCCCCCCCCCC(=O)OCC(COC(=O)CCCCCCCCCCCCCCC)OC(=O)CCCCCCCCCCCCC/C=C\C/C=C\CCCCCCC. The summed E-state index contributed by atoms with van der Waals surface area (Å²) in [5, 5.41) is 0. The molecule has 0 rings (SSSR count). The van der Waals surface area contributed by atoms with Gasteiger partial charge in [-0.1, -0.05) is 345 Å². The van der Waals surface area contributed by atoms with Gasteiger partial charge in [-0.2, -0.15) is 0 Å². The highest BCUT2D eigenvalue weighted by atomic mass is 16.6. The van der Waals surface area contributed by atoms with Crippen molar-refractivity contribution >= 4 is 17.9 Å². The maximum Gasteiger partial charge on any atom is 0.306 e. The summed E-state index contributed by atoms with van der Waals surface area (Å²) < 4.78 is 17.0. The third kappa shape index (κ3) is 69.8. The number of unbranched alkanes of at least 4 members (excludes halogenated alkanes) is 47. The monoisotopic (exact) mass is 1160 g/mol. The van der Waals surface area contributed by atoms with Crippen LogP contribution in [-0.2, 0) is 28.6 Å². The fourth-order valence-corrected chi connectivity index (χ4v) is 11.0. The van der Waals surface area contributed by atoms with Crippen molar-refractivity contribution in [1.82, 2.24) is 0 Å². The molecule has 484 valence electrons. The lowest BCUT2D eigenvalue weighted by Crippen LogP contribution is -2.30. The number of esters is 3. The minimum absolute atomic E-state index is 0.0701. The van der Waals surface area contributed by atoms with Crippen LogP contribution in [0, 0.1) is 0 Å². The zero-order valence-corrected chi connectivity index (χ0v) is 55.7. The summed E-state index contributed by atoms with van der Waals surface area (Å²) in [6, 6.07) is 0. The van der Waals surface area contributed by atoms with E-state index in [1.165, 1.54) is 276 Å². The number of hydrogen-bond donors (Lipinski definition) is 0. The Hall–Kier alpha value is -2.89. The first-order chi connectivity index (χ1) is 41.0. The van der Waals surface area contributed by atoms with Crippen LogP contribution in [-0.4, -0.2) is 37.2 Å². The highest BCUT2D eigenvalue weighted by Gasteiger charge is 2.19. The molecule has 0 saturated carbocycles. The van der Waals surface area contributed by atoms with Gasteiger partial charge in [-0.25, -0.2) is 0 Å². The molecule has 0 aliphatic rings. The summed E-state index contributed by atoms with van der Waals surface area (Å²) in [5.74, 6) is -0.847. The molecule has 0 radical (unpaired) electrons. The molecule has 0 aliphatic heterocycles.